The first kappa shape index (κ1) is 14.8. The summed E-state index contributed by atoms with van der Waals surface area (Å²) in [4.78, 5) is 26.3. The third-order valence-electron chi connectivity index (χ3n) is 3.75. The van der Waals surface area contributed by atoms with E-state index in [9.17, 15) is 9.59 Å². The van der Waals surface area contributed by atoms with Gasteiger partial charge in [0.1, 0.15) is 0 Å². The number of aryl methyl sites for hydroxylation is 1. The molecule has 0 saturated carbocycles. The fraction of sp³-hybridized carbons (Fsp3) is 0.111. The Labute approximate surface area is 133 Å². The van der Waals surface area contributed by atoms with Crippen molar-refractivity contribution in [1.82, 2.24) is 4.98 Å². The molecule has 5 nitrogen and oxygen atoms in total. The molecule has 0 saturated heterocycles. The first-order valence-corrected chi connectivity index (χ1v) is 7.38. The molecular formula is C18H17N3O2. The van der Waals surface area contributed by atoms with E-state index >= 15 is 0 Å². The SMILES string of the molecule is NC(=O)c1ccc(NC(=O)CCc2c[nH]c3ccccc23)cc1. The number of fused-ring (bicyclic) bond motifs is 1. The van der Waals surface area contributed by atoms with Crippen LogP contribution in [0.2, 0.25) is 0 Å². The maximum absolute atomic E-state index is 12.0. The molecule has 1 aromatic heterocycles. The standard InChI is InChI=1S/C18H17N3O2/c19-18(23)12-5-8-14(9-6-12)21-17(22)10-7-13-11-20-16-4-2-1-3-15(13)16/h1-6,8-9,11,20H,7,10H2,(H2,19,23)(H,21,22). The number of carbonyl (C=O) groups excluding carboxylic acids is 2. The van der Waals surface area contributed by atoms with Crippen LogP contribution in [0, 0.1) is 0 Å². The monoisotopic (exact) mass is 307 g/mol. The van der Waals surface area contributed by atoms with Gasteiger partial charge >= 0.3 is 0 Å². The zero-order valence-electron chi connectivity index (χ0n) is 12.5. The fourth-order valence-corrected chi connectivity index (χ4v) is 2.53. The van der Waals surface area contributed by atoms with E-state index < -0.39 is 5.91 Å². The number of rotatable bonds is 5. The van der Waals surface area contributed by atoms with Crippen LogP contribution in [0.4, 0.5) is 5.69 Å². The van der Waals surface area contributed by atoms with Crippen LogP contribution in [0.1, 0.15) is 22.3 Å². The average molecular weight is 307 g/mol. The molecule has 0 bridgehead atoms. The van der Waals surface area contributed by atoms with E-state index in [4.69, 9.17) is 5.73 Å². The molecule has 3 rings (SSSR count). The van der Waals surface area contributed by atoms with E-state index in [2.05, 4.69) is 10.3 Å². The molecule has 0 spiro atoms. The molecule has 1 heterocycles. The minimum absolute atomic E-state index is 0.0675. The maximum atomic E-state index is 12.0. The van der Waals surface area contributed by atoms with Gasteiger partial charge in [-0.2, -0.15) is 0 Å². The second-order valence-corrected chi connectivity index (χ2v) is 5.35. The Morgan fingerprint density at radius 1 is 1.04 bits per heavy atom. The number of hydrogen-bond acceptors (Lipinski definition) is 2. The average Bonchev–Trinajstić information content (AvgIpc) is 2.97. The Morgan fingerprint density at radius 3 is 2.52 bits per heavy atom. The summed E-state index contributed by atoms with van der Waals surface area (Å²) in [6, 6.07) is 14.6. The van der Waals surface area contributed by atoms with Crippen molar-refractivity contribution < 1.29 is 9.59 Å². The number of amides is 2. The van der Waals surface area contributed by atoms with Crippen molar-refractivity contribution in [3.8, 4) is 0 Å². The second kappa shape index (κ2) is 6.36. The summed E-state index contributed by atoms with van der Waals surface area (Å²) in [5.74, 6) is -0.552. The van der Waals surface area contributed by atoms with Gasteiger partial charge in [0.15, 0.2) is 0 Å². The molecule has 0 aliphatic rings. The Bertz CT molecular complexity index is 850. The van der Waals surface area contributed by atoms with E-state index in [1.54, 1.807) is 24.3 Å². The molecule has 116 valence electrons. The number of aromatic nitrogens is 1. The van der Waals surface area contributed by atoms with Crippen molar-refractivity contribution in [2.24, 2.45) is 5.73 Å². The van der Waals surface area contributed by atoms with Crippen LogP contribution in [0.25, 0.3) is 10.9 Å². The van der Waals surface area contributed by atoms with Gasteiger partial charge in [-0.15, -0.1) is 0 Å². The van der Waals surface area contributed by atoms with Gasteiger partial charge in [0, 0.05) is 34.8 Å². The zero-order valence-corrected chi connectivity index (χ0v) is 12.5. The van der Waals surface area contributed by atoms with E-state index in [-0.39, 0.29) is 5.91 Å². The van der Waals surface area contributed by atoms with Crippen molar-refractivity contribution in [3.05, 3.63) is 65.9 Å². The maximum Gasteiger partial charge on any atom is 0.248 e. The van der Waals surface area contributed by atoms with Crippen LogP contribution in [-0.4, -0.2) is 16.8 Å². The molecular weight excluding hydrogens is 290 g/mol. The molecule has 0 radical (unpaired) electrons. The van der Waals surface area contributed by atoms with Gasteiger partial charge in [-0.3, -0.25) is 9.59 Å². The molecule has 2 amide bonds. The van der Waals surface area contributed by atoms with Gasteiger partial charge in [-0.25, -0.2) is 0 Å². The van der Waals surface area contributed by atoms with Gasteiger partial charge in [-0.05, 0) is 42.3 Å². The van der Waals surface area contributed by atoms with Crippen LogP contribution in [0.5, 0.6) is 0 Å². The second-order valence-electron chi connectivity index (χ2n) is 5.35. The smallest absolute Gasteiger partial charge is 0.248 e. The number of benzene rings is 2. The minimum atomic E-state index is -0.484. The molecule has 0 aliphatic heterocycles. The lowest BCUT2D eigenvalue weighted by Crippen LogP contribution is -2.13. The number of nitrogens with one attached hydrogen (secondary N) is 2. The highest BCUT2D eigenvalue weighted by atomic mass is 16.1. The van der Waals surface area contributed by atoms with Crippen LogP contribution >= 0.6 is 0 Å². The van der Waals surface area contributed by atoms with E-state index in [0.29, 0.717) is 24.1 Å². The summed E-state index contributed by atoms with van der Waals surface area (Å²) in [5, 5.41) is 3.96. The lowest BCUT2D eigenvalue weighted by Gasteiger charge is -2.05. The summed E-state index contributed by atoms with van der Waals surface area (Å²) in [6.07, 6.45) is 2.99. The number of anilines is 1. The van der Waals surface area contributed by atoms with Crippen LogP contribution in [0.3, 0.4) is 0 Å². The van der Waals surface area contributed by atoms with Gasteiger partial charge in [-0.1, -0.05) is 18.2 Å². The van der Waals surface area contributed by atoms with E-state index in [1.807, 2.05) is 30.5 Å². The number of hydrogen-bond donors (Lipinski definition) is 3. The first-order chi connectivity index (χ1) is 11.1. The van der Waals surface area contributed by atoms with Crippen LogP contribution < -0.4 is 11.1 Å². The zero-order chi connectivity index (χ0) is 16.2. The highest BCUT2D eigenvalue weighted by Crippen LogP contribution is 2.19. The number of nitrogens with two attached hydrogens (primary N) is 1. The number of para-hydroxylation sites is 1. The predicted molar refractivity (Wildman–Crippen MR) is 90.2 cm³/mol. The normalized spacial score (nSPS) is 10.6. The summed E-state index contributed by atoms with van der Waals surface area (Å²) >= 11 is 0. The van der Waals surface area contributed by atoms with Gasteiger partial charge in [0.05, 0.1) is 0 Å². The molecule has 0 unspecified atom stereocenters. The third kappa shape index (κ3) is 3.40. The predicted octanol–water partition coefficient (Wildman–Crippen LogP) is 2.84. The number of primary amides is 1. The number of H-pyrrole nitrogens is 1. The van der Waals surface area contributed by atoms with Crippen LogP contribution in [-0.2, 0) is 11.2 Å². The Kier molecular flexibility index (Phi) is 4.10. The first-order valence-electron chi connectivity index (χ1n) is 7.38. The van der Waals surface area contributed by atoms with Crippen molar-refractivity contribution in [3.63, 3.8) is 0 Å². The largest absolute Gasteiger partial charge is 0.366 e. The molecule has 5 heteroatoms. The van der Waals surface area contributed by atoms with Gasteiger partial charge in [0.2, 0.25) is 11.8 Å². The summed E-state index contributed by atoms with van der Waals surface area (Å²) in [5.41, 5.74) is 8.45. The molecule has 0 atom stereocenters. The highest BCUT2D eigenvalue weighted by molar-refractivity contribution is 5.95. The minimum Gasteiger partial charge on any atom is -0.366 e. The lowest BCUT2D eigenvalue weighted by molar-refractivity contribution is -0.116. The Balaban J connectivity index is 1.60. The topological polar surface area (TPSA) is 88.0 Å². The molecule has 3 aromatic rings. The van der Waals surface area contributed by atoms with E-state index in [1.165, 1.54) is 0 Å². The molecule has 4 N–H and O–H groups in total. The molecule has 0 aliphatic carbocycles. The molecule has 2 aromatic carbocycles. The van der Waals surface area contributed by atoms with Crippen molar-refractivity contribution in [2.75, 3.05) is 5.32 Å². The Hall–Kier alpha value is -3.08. The summed E-state index contributed by atoms with van der Waals surface area (Å²) in [6.45, 7) is 0. The molecule has 23 heavy (non-hydrogen) atoms. The van der Waals surface area contributed by atoms with Gasteiger partial charge in [0.25, 0.3) is 0 Å². The van der Waals surface area contributed by atoms with Crippen molar-refractivity contribution in [1.29, 1.82) is 0 Å². The van der Waals surface area contributed by atoms with E-state index in [0.717, 1.165) is 16.5 Å². The number of aromatic amines is 1. The van der Waals surface area contributed by atoms with Crippen molar-refractivity contribution in [2.45, 2.75) is 12.8 Å². The fourth-order valence-electron chi connectivity index (χ4n) is 2.53. The third-order valence-corrected chi connectivity index (χ3v) is 3.75. The lowest BCUT2D eigenvalue weighted by atomic mass is 10.1. The molecule has 0 fully saturated rings. The Morgan fingerprint density at radius 2 is 1.78 bits per heavy atom. The summed E-state index contributed by atoms with van der Waals surface area (Å²) in [7, 11) is 0. The van der Waals surface area contributed by atoms with Crippen LogP contribution in [0.15, 0.2) is 54.7 Å². The van der Waals surface area contributed by atoms with Crippen molar-refractivity contribution >= 4 is 28.4 Å². The quantitative estimate of drug-likeness (QED) is 0.676. The number of carbonyl (C=O) groups is 2. The summed E-state index contributed by atoms with van der Waals surface area (Å²) < 4.78 is 0. The van der Waals surface area contributed by atoms with Gasteiger partial charge < -0.3 is 16.0 Å². The highest BCUT2D eigenvalue weighted by Gasteiger charge is 2.07.